The Bertz CT molecular complexity index is 519. The molecule has 0 aliphatic carbocycles. The maximum Gasteiger partial charge on any atom is -0.0106 e. The van der Waals surface area contributed by atoms with Crippen molar-refractivity contribution >= 4 is 16.3 Å². The molecular weight excluding hydrogens is 180 g/mol. The summed E-state index contributed by atoms with van der Waals surface area (Å²) in [6, 6.07) is 13.0. The van der Waals surface area contributed by atoms with E-state index in [0.717, 1.165) is 0 Å². The van der Waals surface area contributed by atoms with Crippen LogP contribution in [0.2, 0.25) is 0 Å². The highest BCUT2D eigenvalue weighted by molar-refractivity contribution is 5.94. The van der Waals surface area contributed by atoms with Crippen LogP contribution >= 0.6 is 0 Å². The van der Waals surface area contributed by atoms with Gasteiger partial charge in [0.1, 0.15) is 0 Å². The zero-order valence-corrected chi connectivity index (χ0v) is 9.54. The highest BCUT2D eigenvalue weighted by atomic mass is 14.1. The van der Waals surface area contributed by atoms with Gasteiger partial charge < -0.3 is 0 Å². The Labute approximate surface area is 91.2 Å². The molecule has 76 valence electrons. The molecule has 0 spiro atoms. The van der Waals surface area contributed by atoms with Gasteiger partial charge in [-0.15, -0.1) is 0 Å². The number of hydrogen-bond acceptors (Lipinski definition) is 0. The molecular formula is C15H16. The van der Waals surface area contributed by atoms with Gasteiger partial charge in [0.05, 0.1) is 0 Å². The van der Waals surface area contributed by atoms with E-state index in [4.69, 9.17) is 0 Å². The summed E-state index contributed by atoms with van der Waals surface area (Å²) in [5.74, 6) is 0. The molecule has 2 rings (SSSR count). The second-order valence-electron chi connectivity index (χ2n) is 3.95. The highest BCUT2D eigenvalue weighted by Gasteiger charge is 2.04. The van der Waals surface area contributed by atoms with E-state index in [-0.39, 0.29) is 0 Å². The van der Waals surface area contributed by atoms with Crippen molar-refractivity contribution in [2.45, 2.75) is 20.8 Å². The average molecular weight is 196 g/mol. The third-order valence-electron chi connectivity index (χ3n) is 2.96. The number of rotatable bonds is 1. The minimum absolute atomic E-state index is 1.32. The molecule has 0 radical (unpaired) electrons. The smallest absolute Gasteiger partial charge is 0.0106 e. The molecule has 0 bridgehead atoms. The number of hydrogen-bond donors (Lipinski definition) is 0. The molecule has 0 aromatic heterocycles. The van der Waals surface area contributed by atoms with Crippen LogP contribution in [0.4, 0.5) is 0 Å². The van der Waals surface area contributed by atoms with Gasteiger partial charge in [-0.3, -0.25) is 0 Å². The van der Waals surface area contributed by atoms with Crippen LogP contribution in [0.1, 0.15) is 25.0 Å². The van der Waals surface area contributed by atoms with Crippen molar-refractivity contribution in [2.24, 2.45) is 0 Å². The first-order valence-corrected chi connectivity index (χ1v) is 5.35. The topological polar surface area (TPSA) is 0 Å². The molecule has 0 aliphatic rings. The average Bonchev–Trinajstić information content (AvgIpc) is 2.28. The number of benzene rings is 2. The van der Waals surface area contributed by atoms with Crippen LogP contribution in [0.25, 0.3) is 16.3 Å². The largest absolute Gasteiger partial charge is 0.0841 e. The number of fused-ring (bicyclic) bond motifs is 1. The molecule has 0 unspecified atom stereocenters. The summed E-state index contributed by atoms with van der Waals surface area (Å²) in [5.41, 5.74) is 4.09. The van der Waals surface area contributed by atoms with Crippen molar-refractivity contribution in [3.05, 3.63) is 53.6 Å². The molecule has 0 N–H and O–H groups in total. The van der Waals surface area contributed by atoms with Crippen LogP contribution in [-0.4, -0.2) is 0 Å². The Hall–Kier alpha value is -1.56. The van der Waals surface area contributed by atoms with Gasteiger partial charge in [-0.1, -0.05) is 42.5 Å². The lowest BCUT2D eigenvalue weighted by atomic mass is 9.95. The maximum atomic E-state index is 2.20. The second kappa shape index (κ2) is 3.90. The van der Waals surface area contributed by atoms with Crippen LogP contribution < -0.4 is 0 Å². The monoisotopic (exact) mass is 196 g/mol. The summed E-state index contributed by atoms with van der Waals surface area (Å²) in [4.78, 5) is 0. The summed E-state index contributed by atoms with van der Waals surface area (Å²) >= 11 is 0. The molecule has 2 aromatic carbocycles. The summed E-state index contributed by atoms with van der Waals surface area (Å²) < 4.78 is 0. The zero-order valence-electron chi connectivity index (χ0n) is 9.54. The zero-order chi connectivity index (χ0) is 10.8. The summed E-state index contributed by atoms with van der Waals surface area (Å²) in [6.45, 7) is 6.44. The minimum Gasteiger partial charge on any atom is -0.0841 e. The first-order chi connectivity index (χ1) is 7.24. The Morgan fingerprint density at radius 3 is 2.53 bits per heavy atom. The molecule has 2 aromatic rings. The van der Waals surface area contributed by atoms with Crippen LogP contribution in [0.3, 0.4) is 0 Å². The predicted octanol–water partition coefficient (Wildman–Crippen LogP) is 4.57. The third kappa shape index (κ3) is 1.68. The first-order valence-electron chi connectivity index (χ1n) is 5.35. The fraction of sp³-hybridized carbons (Fsp3) is 0.200. The third-order valence-corrected chi connectivity index (χ3v) is 2.96. The lowest BCUT2D eigenvalue weighted by Crippen LogP contribution is -1.88. The molecule has 0 aliphatic heterocycles. The van der Waals surface area contributed by atoms with Gasteiger partial charge in [-0.05, 0) is 48.2 Å². The Morgan fingerprint density at radius 2 is 1.80 bits per heavy atom. The van der Waals surface area contributed by atoms with Crippen LogP contribution in [0.5, 0.6) is 0 Å². The van der Waals surface area contributed by atoms with E-state index in [0.29, 0.717) is 0 Å². The van der Waals surface area contributed by atoms with E-state index >= 15 is 0 Å². The molecule has 15 heavy (non-hydrogen) atoms. The maximum absolute atomic E-state index is 2.20. The highest BCUT2D eigenvalue weighted by Crippen LogP contribution is 2.27. The Kier molecular flexibility index (Phi) is 2.59. The van der Waals surface area contributed by atoms with Gasteiger partial charge in [0.25, 0.3) is 0 Å². The van der Waals surface area contributed by atoms with E-state index < -0.39 is 0 Å². The quantitative estimate of drug-likeness (QED) is 0.626. The first kappa shape index (κ1) is 9.97. The van der Waals surface area contributed by atoms with Crippen LogP contribution in [-0.2, 0) is 0 Å². The second-order valence-corrected chi connectivity index (χ2v) is 3.95. The molecule has 0 saturated heterocycles. The van der Waals surface area contributed by atoms with Crippen LogP contribution in [0.15, 0.2) is 42.5 Å². The van der Waals surface area contributed by atoms with Gasteiger partial charge in [0, 0.05) is 0 Å². The molecule has 0 saturated carbocycles. The van der Waals surface area contributed by atoms with Gasteiger partial charge in [0.15, 0.2) is 0 Å². The van der Waals surface area contributed by atoms with Crippen molar-refractivity contribution < 1.29 is 0 Å². The SMILES string of the molecule is CC=C(C)c1c(C)ccc2ccccc12. The van der Waals surface area contributed by atoms with E-state index in [9.17, 15) is 0 Å². The van der Waals surface area contributed by atoms with E-state index in [2.05, 4.69) is 63.2 Å². The normalized spacial score (nSPS) is 12.1. The van der Waals surface area contributed by atoms with E-state index in [1.807, 2.05) is 0 Å². The molecule has 0 fully saturated rings. The van der Waals surface area contributed by atoms with Crippen molar-refractivity contribution in [1.29, 1.82) is 0 Å². The van der Waals surface area contributed by atoms with E-state index in [1.54, 1.807) is 0 Å². The van der Waals surface area contributed by atoms with Crippen molar-refractivity contribution in [1.82, 2.24) is 0 Å². The summed E-state index contributed by atoms with van der Waals surface area (Å²) in [6.07, 6.45) is 2.18. The van der Waals surface area contributed by atoms with Gasteiger partial charge in [0.2, 0.25) is 0 Å². The lowest BCUT2D eigenvalue weighted by molar-refractivity contribution is 1.44. The fourth-order valence-electron chi connectivity index (χ4n) is 2.05. The Morgan fingerprint density at radius 1 is 1.07 bits per heavy atom. The van der Waals surface area contributed by atoms with Gasteiger partial charge >= 0.3 is 0 Å². The molecule has 0 nitrogen and oxygen atoms in total. The van der Waals surface area contributed by atoms with Crippen molar-refractivity contribution in [3.63, 3.8) is 0 Å². The minimum atomic E-state index is 1.32. The number of allylic oxidation sites excluding steroid dienone is 2. The molecule has 0 heterocycles. The Balaban J connectivity index is 2.86. The fourth-order valence-corrected chi connectivity index (χ4v) is 2.05. The molecule has 0 heteroatoms. The van der Waals surface area contributed by atoms with Gasteiger partial charge in [-0.25, -0.2) is 0 Å². The lowest BCUT2D eigenvalue weighted by Gasteiger charge is -2.10. The molecule has 0 atom stereocenters. The van der Waals surface area contributed by atoms with Crippen LogP contribution in [0, 0.1) is 6.92 Å². The standard InChI is InChI=1S/C15H16/c1-4-11(2)15-12(3)9-10-13-7-5-6-8-14(13)15/h4-10H,1-3H3. The van der Waals surface area contributed by atoms with E-state index in [1.165, 1.54) is 27.5 Å². The van der Waals surface area contributed by atoms with Crippen molar-refractivity contribution in [3.8, 4) is 0 Å². The number of aryl methyl sites for hydroxylation is 1. The van der Waals surface area contributed by atoms with Crippen molar-refractivity contribution in [2.75, 3.05) is 0 Å². The molecule has 0 amide bonds. The summed E-state index contributed by atoms with van der Waals surface area (Å²) in [5, 5.41) is 2.67. The van der Waals surface area contributed by atoms with Gasteiger partial charge in [-0.2, -0.15) is 0 Å². The predicted molar refractivity (Wildman–Crippen MR) is 68.0 cm³/mol. The summed E-state index contributed by atoms with van der Waals surface area (Å²) in [7, 11) is 0.